The molecule has 0 heterocycles. The highest BCUT2D eigenvalue weighted by molar-refractivity contribution is 5.71. The van der Waals surface area contributed by atoms with Crippen molar-refractivity contribution in [3.8, 4) is 0 Å². The highest BCUT2D eigenvalue weighted by Gasteiger charge is 2.19. The molecule has 1 unspecified atom stereocenters. The first-order valence-electron chi connectivity index (χ1n) is 35.6. The lowest BCUT2D eigenvalue weighted by Gasteiger charge is -2.18. The van der Waals surface area contributed by atoms with Gasteiger partial charge in [-0.2, -0.15) is 0 Å². The average molecular weight is 1120 g/mol. The molecule has 0 aliphatic rings. The fourth-order valence-electron chi connectivity index (χ4n) is 10.7. The molecule has 468 valence electrons. The van der Waals surface area contributed by atoms with Crippen LogP contribution in [-0.4, -0.2) is 37.2 Å². The minimum Gasteiger partial charge on any atom is -0.462 e. The number of allylic oxidation sites excluding steroid dienone is 8. The molecule has 0 aliphatic heterocycles. The maximum atomic E-state index is 12.9. The summed E-state index contributed by atoms with van der Waals surface area (Å²) in [6, 6.07) is 0. The Kier molecular flexibility index (Phi) is 66.6. The van der Waals surface area contributed by atoms with E-state index in [0.717, 1.165) is 77.0 Å². The van der Waals surface area contributed by atoms with Crippen LogP contribution in [0.3, 0.4) is 0 Å². The van der Waals surface area contributed by atoms with Crippen LogP contribution < -0.4 is 0 Å². The van der Waals surface area contributed by atoms with Crippen molar-refractivity contribution in [2.75, 3.05) is 13.2 Å². The molecular formula is C74H136O6. The summed E-state index contributed by atoms with van der Waals surface area (Å²) >= 11 is 0. The summed E-state index contributed by atoms with van der Waals surface area (Å²) in [4.78, 5) is 38.4. The van der Waals surface area contributed by atoms with Crippen LogP contribution in [0.25, 0.3) is 0 Å². The third kappa shape index (κ3) is 66.2. The van der Waals surface area contributed by atoms with Crippen molar-refractivity contribution in [3.05, 3.63) is 48.6 Å². The third-order valence-corrected chi connectivity index (χ3v) is 16.1. The van der Waals surface area contributed by atoms with E-state index in [9.17, 15) is 14.4 Å². The van der Waals surface area contributed by atoms with E-state index in [1.807, 2.05) is 0 Å². The number of carbonyl (C=O) groups excluding carboxylic acids is 3. The molecule has 0 aromatic heterocycles. The highest BCUT2D eigenvalue weighted by Crippen LogP contribution is 2.18. The zero-order valence-corrected chi connectivity index (χ0v) is 53.9. The minimum absolute atomic E-state index is 0.0713. The molecule has 0 saturated carbocycles. The van der Waals surface area contributed by atoms with Crippen LogP contribution in [0, 0.1) is 0 Å². The van der Waals surface area contributed by atoms with Gasteiger partial charge in [-0.1, -0.05) is 333 Å². The molecule has 0 spiro atoms. The van der Waals surface area contributed by atoms with Crippen molar-refractivity contribution in [3.63, 3.8) is 0 Å². The molecule has 0 radical (unpaired) electrons. The van der Waals surface area contributed by atoms with Crippen molar-refractivity contribution < 1.29 is 28.6 Å². The van der Waals surface area contributed by atoms with Crippen LogP contribution in [0.5, 0.6) is 0 Å². The Labute approximate surface area is 498 Å². The third-order valence-electron chi connectivity index (χ3n) is 16.1. The zero-order valence-electron chi connectivity index (χ0n) is 53.9. The van der Waals surface area contributed by atoms with Gasteiger partial charge in [0.05, 0.1) is 0 Å². The monoisotopic (exact) mass is 1120 g/mol. The summed E-state index contributed by atoms with van der Waals surface area (Å²) in [6.45, 7) is 6.66. The molecule has 0 aromatic carbocycles. The number of esters is 3. The van der Waals surface area contributed by atoms with Crippen molar-refractivity contribution in [2.24, 2.45) is 0 Å². The summed E-state index contributed by atoms with van der Waals surface area (Å²) in [6.07, 6.45) is 87.2. The first-order valence-corrected chi connectivity index (χ1v) is 35.6. The van der Waals surface area contributed by atoms with Crippen molar-refractivity contribution in [2.45, 2.75) is 393 Å². The van der Waals surface area contributed by atoms with Gasteiger partial charge in [-0.3, -0.25) is 14.4 Å². The largest absolute Gasteiger partial charge is 0.462 e. The van der Waals surface area contributed by atoms with Crippen LogP contribution in [0.4, 0.5) is 0 Å². The molecule has 0 aromatic rings. The van der Waals surface area contributed by atoms with E-state index in [2.05, 4.69) is 69.4 Å². The maximum absolute atomic E-state index is 12.9. The van der Waals surface area contributed by atoms with E-state index >= 15 is 0 Å². The summed E-state index contributed by atoms with van der Waals surface area (Å²) < 4.78 is 17.0. The molecule has 0 amide bonds. The fraction of sp³-hybridized carbons (Fsp3) is 0.851. The number of ether oxygens (including phenoxy) is 3. The summed E-state index contributed by atoms with van der Waals surface area (Å²) in [5.41, 5.74) is 0. The summed E-state index contributed by atoms with van der Waals surface area (Å²) in [7, 11) is 0. The van der Waals surface area contributed by atoms with Gasteiger partial charge in [-0.05, 0) is 83.5 Å². The zero-order chi connectivity index (χ0) is 57.8. The number of hydrogen-bond donors (Lipinski definition) is 0. The Bertz CT molecular complexity index is 1380. The van der Waals surface area contributed by atoms with Crippen molar-refractivity contribution >= 4 is 17.9 Å². The van der Waals surface area contributed by atoms with Gasteiger partial charge in [0, 0.05) is 19.3 Å². The average Bonchev–Trinajstić information content (AvgIpc) is 3.46. The van der Waals surface area contributed by atoms with Crippen molar-refractivity contribution in [1.29, 1.82) is 0 Å². The molecular weight excluding hydrogens is 985 g/mol. The fourth-order valence-corrected chi connectivity index (χ4v) is 10.7. The number of rotatable bonds is 66. The van der Waals surface area contributed by atoms with E-state index in [4.69, 9.17) is 14.2 Å². The van der Waals surface area contributed by atoms with Gasteiger partial charge >= 0.3 is 17.9 Å². The first-order chi connectivity index (χ1) is 39.5. The lowest BCUT2D eigenvalue weighted by atomic mass is 10.0. The molecule has 0 rings (SSSR count). The summed E-state index contributed by atoms with van der Waals surface area (Å²) in [5.74, 6) is -0.855. The van der Waals surface area contributed by atoms with E-state index < -0.39 is 6.10 Å². The van der Waals surface area contributed by atoms with Crippen LogP contribution in [-0.2, 0) is 28.6 Å². The molecule has 1 atom stereocenters. The Morgan fingerprint density at radius 3 is 0.738 bits per heavy atom. The number of unbranched alkanes of at least 4 members (excludes halogenated alkanes) is 47. The number of carbonyl (C=O) groups is 3. The molecule has 80 heavy (non-hydrogen) atoms. The lowest BCUT2D eigenvalue weighted by molar-refractivity contribution is -0.167. The van der Waals surface area contributed by atoms with E-state index in [1.165, 1.54) is 270 Å². The van der Waals surface area contributed by atoms with Gasteiger partial charge in [0.2, 0.25) is 0 Å². The van der Waals surface area contributed by atoms with Crippen LogP contribution >= 0.6 is 0 Å². The predicted molar refractivity (Wildman–Crippen MR) is 349 cm³/mol. The van der Waals surface area contributed by atoms with Crippen LogP contribution in [0.2, 0.25) is 0 Å². The van der Waals surface area contributed by atoms with Crippen LogP contribution in [0.15, 0.2) is 48.6 Å². The SMILES string of the molecule is CCCCC/C=C\CCCCCCCC(=O)OCC(COC(=O)CCCCCCCCCCCCCCCC/C=C\C/C=C\C/C=C\CCCCCCC)OC(=O)CCCCCCCCCCCCCCCCCCCCCCC. The van der Waals surface area contributed by atoms with Gasteiger partial charge in [0.25, 0.3) is 0 Å². The predicted octanol–water partition coefficient (Wildman–Crippen LogP) is 24.5. The number of hydrogen-bond acceptors (Lipinski definition) is 6. The Morgan fingerprint density at radius 1 is 0.250 bits per heavy atom. The molecule has 0 bridgehead atoms. The van der Waals surface area contributed by atoms with Gasteiger partial charge in [0.1, 0.15) is 13.2 Å². The minimum atomic E-state index is -0.775. The normalized spacial score (nSPS) is 12.3. The lowest BCUT2D eigenvalue weighted by Crippen LogP contribution is -2.30. The van der Waals surface area contributed by atoms with Gasteiger partial charge in [-0.25, -0.2) is 0 Å². The molecule has 6 nitrogen and oxygen atoms in total. The molecule has 0 aliphatic carbocycles. The Morgan fingerprint density at radius 2 is 0.450 bits per heavy atom. The highest BCUT2D eigenvalue weighted by atomic mass is 16.6. The quantitative estimate of drug-likeness (QED) is 0.0261. The topological polar surface area (TPSA) is 78.9 Å². The Hall–Kier alpha value is -2.63. The molecule has 0 N–H and O–H groups in total. The van der Waals surface area contributed by atoms with E-state index in [0.29, 0.717) is 19.3 Å². The van der Waals surface area contributed by atoms with Crippen LogP contribution in [0.1, 0.15) is 387 Å². The van der Waals surface area contributed by atoms with Gasteiger partial charge in [-0.15, -0.1) is 0 Å². The van der Waals surface area contributed by atoms with Gasteiger partial charge in [0.15, 0.2) is 6.10 Å². The first kappa shape index (κ1) is 77.4. The smallest absolute Gasteiger partial charge is 0.306 e. The maximum Gasteiger partial charge on any atom is 0.306 e. The molecule has 6 heteroatoms. The Balaban J connectivity index is 4.19. The molecule has 0 fully saturated rings. The molecule has 0 saturated heterocycles. The second-order valence-electron chi connectivity index (χ2n) is 24.1. The second kappa shape index (κ2) is 68.9. The van der Waals surface area contributed by atoms with Crippen molar-refractivity contribution in [1.82, 2.24) is 0 Å². The van der Waals surface area contributed by atoms with Gasteiger partial charge < -0.3 is 14.2 Å². The standard InChI is InChI=1S/C74H136O6/c1-4-7-10-13-16-19-22-25-27-29-31-33-34-35-36-37-38-39-40-42-43-45-47-49-52-55-58-61-64-67-73(76)79-70-71(69-78-72(75)66-63-60-57-54-51-24-21-18-15-12-9-6-3)80-74(77)68-65-62-59-56-53-50-48-46-44-41-32-30-28-26-23-20-17-14-11-8-5-2/h18,21-22,25,29,31,34-35,71H,4-17,19-20,23-24,26-28,30,32-33,36-70H2,1-3H3/b21-18-,25-22-,31-29-,35-34-. The second-order valence-corrected chi connectivity index (χ2v) is 24.1. The summed E-state index contributed by atoms with van der Waals surface area (Å²) in [5, 5.41) is 0. The van der Waals surface area contributed by atoms with E-state index in [1.54, 1.807) is 0 Å². The van der Waals surface area contributed by atoms with E-state index in [-0.39, 0.29) is 31.1 Å².